The molecule has 2 aromatic carbocycles. The van der Waals surface area contributed by atoms with E-state index >= 15 is 0 Å². The highest BCUT2D eigenvalue weighted by Gasteiger charge is 2.33. The summed E-state index contributed by atoms with van der Waals surface area (Å²) in [6, 6.07) is 10.9. The Bertz CT molecular complexity index is 1180. The molecule has 2 aromatic rings. The van der Waals surface area contributed by atoms with Crippen LogP contribution in [0, 0.1) is 12.8 Å². The van der Waals surface area contributed by atoms with Crippen molar-refractivity contribution >= 4 is 47.6 Å². The van der Waals surface area contributed by atoms with Crippen LogP contribution >= 0.6 is 15.9 Å². The van der Waals surface area contributed by atoms with Gasteiger partial charge in [0.1, 0.15) is 0 Å². The fourth-order valence-corrected chi connectivity index (χ4v) is 5.93. The van der Waals surface area contributed by atoms with Crippen LogP contribution in [0.1, 0.15) is 18.4 Å². The van der Waals surface area contributed by atoms with Crippen molar-refractivity contribution in [2.75, 3.05) is 25.5 Å². The molecule has 1 atom stereocenters. The normalized spacial score (nSPS) is 18.0. The molecule has 168 valence electrons. The van der Waals surface area contributed by atoms with Crippen LogP contribution in [0.25, 0.3) is 0 Å². The Kier molecular flexibility index (Phi) is 7.21. The molecular weight excluding hydrogens is 506 g/mol. The number of hydrogen-bond acceptors (Lipinski definition) is 5. The molecule has 0 bridgehead atoms. The number of benzene rings is 2. The zero-order valence-corrected chi connectivity index (χ0v) is 20.3. The van der Waals surface area contributed by atoms with Gasteiger partial charge < -0.3 is 5.32 Å². The van der Waals surface area contributed by atoms with Crippen LogP contribution in [0.15, 0.2) is 56.7 Å². The van der Waals surface area contributed by atoms with E-state index in [-0.39, 0.29) is 22.2 Å². The van der Waals surface area contributed by atoms with Crippen LogP contribution in [0.4, 0.5) is 5.69 Å². The summed E-state index contributed by atoms with van der Waals surface area (Å²) in [6.45, 7) is 2.17. The average molecular weight is 530 g/mol. The zero-order valence-electron chi connectivity index (χ0n) is 17.1. The number of carbonyl (C=O) groups is 1. The fourth-order valence-electron chi connectivity index (χ4n) is 3.39. The minimum Gasteiger partial charge on any atom is -0.326 e. The van der Waals surface area contributed by atoms with Crippen LogP contribution in [0.5, 0.6) is 0 Å². The van der Waals surface area contributed by atoms with Gasteiger partial charge in [-0.2, -0.15) is 4.31 Å². The summed E-state index contributed by atoms with van der Waals surface area (Å²) in [7, 11) is -6.05. The van der Waals surface area contributed by atoms with Gasteiger partial charge in [-0.15, -0.1) is 0 Å². The minimum absolute atomic E-state index is 0.0407. The molecule has 0 unspecified atom stereocenters. The first kappa shape index (κ1) is 23.9. The molecule has 8 nitrogen and oxygen atoms in total. The van der Waals surface area contributed by atoms with Crippen molar-refractivity contribution in [2.24, 2.45) is 5.92 Å². The second-order valence-corrected chi connectivity index (χ2v) is 12.1. The van der Waals surface area contributed by atoms with E-state index in [0.717, 1.165) is 4.47 Å². The molecular formula is C20H24BrN3O5S2. The van der Waals surface area contributed by atoms with Crippen LogP contribution < -0.4 is 10.0 Å². The molecule has 2 N–H and O–H groups in total. The number of anilines is 1. The van der Waals surface area contributed by atoms with Crippen LogP contribution in [0.2, 0.25) is 0 Å². The lowest BCUT2D eigenvalue weighted by Crippen LogP contribution is -2.43. The highest BCUT2D eigenvalue weighted by Crippen LogP contribution is 2.27. The highest BCUT2D eigenvalue weighted by atomic mass is 79.9. The molecule has 1 fully saturated rings. The molecule has 0 aliphatic carbocycles. The summed E-state index contributed by atoms with van der Waals surface area (Å²) in [5.74, 6) is -0.874. The molecule has 0 saturated carbocycles. The number of carbonyl (C=O) groups excluding carboxylic acids is 1. The Hall–Kier alpha value is -1.79. The Morgan fingerprint density at radius 3 is 2.35 bits per heavy atom. The number of amides is 1. The van der Waals surface area contributed by atoms with Crippen molar-refractivity contribution < 1.29 is 21.6 Å². The first-order valence-corrected chi connectivity index (χ1v) is 13.4. The van der Waals surface area contributed by atoms with E-state index in [1.54, 1.807) is 25.1 Å². The Labute approximate surface area is 191 Å². The van der Waals surface area contributed by atoms with E-state index in [4.69, 9.17) is 0 Å². The number of rotatable bonds is 6. The van der Waals surface area contributed by atoms with E-state index in [1.165, 1.54) is 35.6 Å². The van der Waals surface area contributed by atoms with E-state index in [2.05, 4.69) is 26.0 Å². The van der Waals surface area contributed by atoms with Crippen LogP contribution in [-0.4, -0.2) is 47.2 Å². The predicted octanol–water partition coefficient (Wildman–Crippen LogP) is 2.71. The molecule has 3 rings (SSSR count). The summed E-state index contributed by atoms with van der Waals surface area (Å²) in [4.78, 5) is 13.1. The monoisotopic (exact) mass is 529 g/mol. The molecule has 31 heavy (non-hydrogen) atoms. The maximum Gasteiger partial charge on any atom is 0.243 e. The molecule has 1 saturated heterocycles. The maximum absolute atomic E-state index is 13.0. The molecule has 1 aliphatic rings. The summed E-state index contributed by atoms with van der Waals surface area (Å²) in [6.07, 6.45) is 1.10. The lowest BCUT2D eigenvalue weighted by molar-refractivity contribution is -0.120. The van der Waals surface area contributed by atoms with Gasteiger partial charge in [0.15, 0.2) is 0 Å². The topological polar surface area (TPSA) is 113 Å². The highest BCUT2D eigenvalue weighted by molar-refractivity contribution is 9.10. The van der Waals surface area contributed by atoms with Crippen LogP contribution in [-0.2, 0) is 24.8 Å². The molecule has 1 amide bonds. The van der Waals surface area contributed by atoms with Crippen molar-refractivity contribution in [3.8, 4) is 0 Å². The van der Waals surface area contributed by atoms with Crippen molar-refractivity contribution in [2.45, 2.75) is 29.6 Å². The van der Waals surface area contributed by atoms with Gasteiger partial charge in [-0.1, -0.05) is 22.0 Å². The number of sulfonamides is 2. The molecule has 1 heterocycles. The lowest BCUT2D eigenvalue weighted by Gasteiger charge is -2.31. The number of piperidine rings is 1. The van der Waals surface area contributed by atoms with Crippen LogP contribution in [0.3, 0.4) is 0 Å². The van der Waals surface area contributed by atoms with E-state index in [0.29, 0.717) is 30.6 Å². The van der Waals surface area contributed by atoms with Gasteiger partial charge in [0, 0.05) is 23.2 Å². The Balaban J connectivity index is 1.77. The molecule has 0 radical (unpaired) electrons. The second-order valence-electron chi connectivity index (χ2n) is 7.33. The maximum atomic E-state index is 13.0. The SMILES string of the molecule is CNS(=O)(=O)c1ccc(C)c(NC(=O)[C@H]2CCCN(S(=O)(=O)c3ccc(Br)cc3)C2)c1. The largest absolute Gasteiger partial charge is 0.326 e. The van der Waals surface area contributed by atoms with Gasteiger partial charge >= 0.3 is 0 Å². The molecule has 0 aromatic heterocycles. The summed E-state index contributed by atoms with van der Waals surface area (Å²) < 4.78 is 54.4. The molecule has 1 aliphatic heterocycles. The van der Waals surface area contributed by atoms with Gasteiger partial charge in [0.25, 0.3) is 0 Å². The smallest absolute Gasteiger partial charge is 0.243 e. The number of hydrogen-bond donors (Lipinski definition) is 2. The number of aryl methyl sites for hydroxylation is 1. The van der Waals surface area contributed by atoms with Gasteiger partial charge in [0.05, 0.1) is 15.7 Å². The van der Waals surface area contributed by atoms with E-state index < -0.39 is 26.0 Å². The van der Waals surface area contributed by atoms with Crippen molar-refractivity contribution in [1.82, 2.24) is 9.03 Å². The first-order valence-electron chi connectivity index (χ1n) is 9.65. The third kappa shape index (κ3) is 5.35. The lowest BCUT2D eigenvalue weighted by atomic mass is 9.98. The number of nitrogens with one attached hydrogen (secondary N) is 2. The Morgan fingerprint density at radius 2 is 1.71 bits per heavy atom. The average Bonchev–Trinajstić information content (AvgIpc) is 2.75. The van der Waals surface area contributed by atoms with Gasteiger partial charge in [0.2, 0.25) is 26.0 Å². The third-order valence-electron chi connectivity index (χ3n) is 5.25. The van der Waals surface area contributed by atoms with E-state index in [1.807, 2.05) is 0 Å². The van der Waals surface area contributed by atoms with Gasteiger partial charge in [-0.05, 0) is 68.8 Å². The standard InChI is InChI=1S/C20H24BrN3O5S2/c1-14-5-8-18(30(26,27)22-2)12-19(14)23-20(25)15-4-3-11-24(13-15)31(28,29)17-9-6-16(21)7-10-17/h5-10,12,15,22H,3-4,11,13H2,1-2H3,(H,23,25)/t15-/m0/s1. The number of nitrogens with zero attached hydrogens (tertiary/aromatic N) is 1. The van der Waals surface area contributed by atoms with Gasteiger partial charge in [-0.25, -0.2) is 21.6 Å². The quantitative estimate of drug-likeness (QED) is 0.597. The van der Waals surface area contributed by atoms with Gasteiger partial charge in [-0.3, -0.25) is 4.79 Å². The van der Waals surface area contributed by atoms with Crippen molar-refractivity contribution in [1.29, 1.82) is 0 Å². The van der Waals surface area contributed by atoms with Crippen molar-refractivity contribution in [3.05, 3.63) is 52.5 Å². The van der Waals surface area contributed by atoms with E-state index in [9.17, 15) is 21.6 Å². The second kappa shape index (κ2) is 9.37. The first-order chi connectivity index (χ1) is 14.5. The summed E-state index contributed by atoms with van der Waals surface area (Å²) in [5.41, 5.74) is 1.09. The summed E-state index contributed by atoms with van der Waals surface area (Å²) in [5, 5.41) is 2.78. The Morgan fingerprint density at radius 1 is 1.06 bits per heavy atom. The number of halogens is 1. The molecule has 0 spiro atoms. The third-order valence-corrected chi connectivity index (χ3v) is 9.07. The fraction of sp³-hybridized carbons (Fsp3) is 0.350. The minimum atomic E-state index is -3.71. The predicted molar refractivity (Wildman–Crippen MR) is 122 cm³/mol. The zero-order chi connectivity index (χ0) is 22.8. The summed E-state index contributed by atoms with van der Waals surface area (Å²) >= 11 is 3.29. The van der Waals surface area contributed by atoms with Crippen molar-refractivity contribution in [3.63, 3.8) is 0 Å². The molecule has 11 heteroatoms.